The largest absolute Gasteiger partial charge is 0.444 e. The molecule has 1 N–H and O–H groups in total. The van der Waals surface area contributed by atoms with Crippen molar-refractivity contribution < 1.29 is 9.53 Å². The molecule has 0 saturated carbocycles. The van der Waals surface area contributed by atoms with E-state index in [2.05, 4.69) is 15.5 Å². The fourth-order valence-electron chi connectivity index (χ4n) is 2.41. The van der Waals surface area contributed by atoms with Crippen LogP contribution in [-0.4, -0.2) is 45.9 Å². The quantitative estimate of drug-likeness (QED) is 0.922. The molecule has 0 aliphatic carbocycles. The van der Waals surface area contributed by atoms with Crippen molar-refractivity contribution in [1.82, 2.24) is 15.1 Å². The summed E-state index contributed by atoms with van der Waals surface area (Å²) in [5, 5.41) is 11.3. The molecule has 0 radical (unpaired) electrons. The second-order valence-electron chi connectivity index (χ2n) is 6.45. The molecule has 0 bridgehead atoms. The third-order valence-corrected chi connectivity index (χ3v) is 3.61. The molecule has 1 fully saturated rings. The Morgan fingerprint density at radius 1 is 1.41 bits per heavy atom. The molecule has 1 unspecified atom stereocenters. The molecule has 1 amide bonds. The zero-order valence-corrected chi connectivity index (χ0v) is 14.1. The smallest absolute Gasteiger partial charge is 0.410 e. The first kappa shape index (κ1) is 16.8. The van der Waals surface area contributed by atoms with Crippen LogP contribution in [0, 0.1) is 0 Å². The number of likely N-dealkylation sites (tertiary alicyclic amines) is 1. The number of nitrogens with zero attached hydrogens (tertiary/aromatic N) is 3. The number of halogens is 1. The normalized spacial score (nSPS) is 18.9. The van der Waals surface area contributed by atoms with Gasteiger partial charge in [-0.25, -0.2) is 4.79 Å². The van der Waals surface area contributed by atoms with Gasteiger partial charge in [0.2, 0.25) is 0 Å². The summed E-state index contributed by atoms with van der Waals surface area (Å²) in [6.07, 6.45) is 2.82. The van der Waals surface area contributed by atoms with E-state index >= 15 is 0 Å². The molecule has 1 aromatic heterocycles. The Labute approximate surface area is 136 Å². The van der Waals surface area contributed by atoms with Gasteiger partial charge in [0.05, 0.1) is 6.04 Å². The van der Waals surface area contributed by atoms with Crippen LogP contribution in [0.3, 0.4) is 0 Å². The monoisotopic (exact) mass is 326 g/mol. The minimum Gasteiger partial charge on any atom is -0.444 e. The lowest BCUT2D eigenvalue weighted by Gasteiger charge is -2.36. The van der Waals surface area contributed by atoms with Crippen molar-refractivity contribution in [1.29, 1.82) is 0 Å². The third kappa shape index (κ3) is 5.02. The topological polar surface area (TPSA) is 67.3 Å². The van der Waals surface area contributed by atoms with Gasteiger partial charge in [0.15, 0.2) is 5.15 Å². The molecular formula is C15H23ClN4O2. The van der Waals surface area contributed by atoms with Gasteiger partial charge in [0.25, 0.3) is 0 Å². The number of carbonyl (C=O) groups is 1. The lowest BCUT2D eigenvalue weighted by molar-refractivity contribution is 0.0114. The van der Waals surface area contributed by atoms with Crippen LogP contribution in [0.15, 0.2) is 12.1 Å². The predicted octanol–water partition coefficient (Wildman–Crippen LogP) is 3.33. The minimum absolute atomic E-state index is 0.0982. The number of ether oxygens (including phenoxy) is 1. The highest BCUT2D eigenvalue weighted by atomic mass is 35.5. The molecule has 1 aromatic rings. The van der Waals surface area contributed by atoms with Crippen LogP contribution in [-0.2, 0) is 4.74 Å². The second-order valence-corrected chi connectivity index (χ2v) is 6.83. The molecule has 2 rings (SSSR count). The summed E-state index contributed by atoms with van der Waals surface area (Å²) in [6.45, 7) is 6.99. The lowest BCUT2D eigenvalue weighted by atomic mass is 10.0. The molecule has 6 nitrogen and oxygen atoms in total. The Kier molecular flexibility index (Phi) is 5.45. The summed E-state index contributed by atoms with van der Waals surface area (Å²) in [5.74, 6) is 0.652. The molecule has 1 saturated heterocycles. The van der Waals surface area contributed by atoms with Crippen LogP contribution in [0.1, 0.15) is 40.0 Å². The van der Waals surface area contributed by atoms with Gasteiger partial charge in [0.1, 0.15) is 11.4 Å². The standard InChI is InChI=1S/C15H23ClN4O2/c1-15(2,3)22-14(21)20-9-5-4-6-11(20)10-17-13-8-7-12(16)18-19-13/h7-8,11H,4-6,9-10H2,1-3H3,(H,17,19). The predicted molar refractivity (Wildman–Crippen MR) is 86.1 cm³/mol. The van der Waals surface area contributed by atoms with Crippen LogP contribution >= 0.6 is 11.6 Å². The maximum absolute atomic E-state index is 12.3. The van der Waals surface area contributed by atoms with Crippen LogP contribution in [0.25, 0.3) is 0 Å². The third-order valence-electron chi connectivity index (χ3n) is 3.41. The van der Waals surface area contributed by atoms with Crippen LogP contribution in [0.2, 0.25) is 5.15 Å². The molecule has 0 spiro atoms. The summed E-state index contributed by atoms with van der Waals surface area (Å²) in [6, 6.07) is 3.56. The first-order valence-electron chi connectivity index (χ1n) is 7.58. The van der Waals surface area contributed by atoms with E-state index < -0.39 is 5.60 Å². The van der Waals surface area contributed by atoms with Gasteiger partial charge in [-0.3, -0.25) is 0 Å². The highest BCUT2D eigenvalue weighted by molar-refractivity contribution is 6.29. The SMILES string of the molecule is CC(C)(C)OC(=O)N1CCCCC1CNc1ccc(Cl)nn1. The van der Waals surface area contributed by atoms with E-state index in [4.69, 9.17) is 16.3 Å². The first-order valence-corrected chi connectivity index (χ1v) is 7.96. The summed E-state index contributed by atoms with van der Waals surface area (Å²) >= 11 is 5.72. The number of nitrogens with one attached hydrogen (secondary N) is 1. The van der Waals surface area contributed by atoms with Gasteiger partial charge in [-0.15, -0.1) is 10.2 Å². The Hall–Kier alpha value is -1.56. The van der Waals surface area contributed by atoms with Crippen molar-refractivity contribution in [2.75, 3.05) is 18.4 Å². The minimum atomic E-state index is -0.478. The van der Waals surface area contributed by atoms with Crippen LogP contribution < -0.4 is 5.32 Å². The van der Waals surface area contributed by atoms with E-state index in [9.17, 15) is 4.79 Å². The summed E-state index contributed by atoms with van der Waals surface area (Å²) in [5.41, 5.74) is -0.478. The van der Waals surface area contributed by atoms with Gasteiger partial charge in [-0.05, 0) is 52.2 Å². The number of anilines is 1. The molecule has 7 heteroatoms. The van der Waals surface area contributed by atoms with E-state index in [0.717, 1.165) is 25.8 Å². The molecule has 22 heavy (non-hydrogen) atoms. The molecule has 1 aliphatic rings. The van der Waals surface area contributed by atoms with Crippen molar-refractivity contribution in [2.24, 2.45) is 0 Å². The zero-order chi connectivity index (χ0) is 16.2. The van der Waals surface area contributed by atoms with Crippen molar-refractivity contribution in [2.45, 2.75) is 51.7 Å². The highest BCUT2D eigenvalue weighted by Crippen LogP contribution is 2.21. The average molecular weight is 327 g/mol. The van der Waals surface area contributed by atoms with Crippen molar-refractivity contribution in [3.63, 3.8) is 0 Å². The van der Waals surface area contributed by atoms with E-state index in [1.54, 1.807) is 12.1 Å². The summed E-state index contributed by atoms with van der Waals surface area (Å²) in [4.78, 5) is 14.1. The Morgan fingerprint density at radius 3 is 2.82 bits per heavy atom. The first-order chi connectivity index (χ1) is 10.3. The molecule has 1 atom stereocenters. The van der Waals surface area contributed by atoms with E-state index in [0.29, 0.717) is 17.5 Å². The summed E-state index contributed by atoms with van der Waals surface area (Å²) < 4.78 is 5.49. The maximum Gasteiger partial charge on any atom is 0.410 e. The zero-order valence-electron chi connectivity index (χ0n) is 13.3. The molecule has 2 heterocycles. The summed E-state index contributed by atoms with van der Waals surface area (Å²) in [7, 11) is 0. The molecular weight excluding hydrogens is 304 g/mol. The van der Waals surface area contributed by atoms with Crippen molar-refractivity contribution in [3.05, 3.63) is 17.3 Å². The van der Waals surface area contributed by atoms with Gasteiger partial charge >= 0.3 is 6.09 Å². The number of amides is 1. The molecule has 0 aromatic carbocycles. The van der Waals surface area contributed by atoms with E-state index in [1.165, 1.54) is 0 Å². The van der Waals surface area contributed by atoms with Crippen LogP contribution in [0.4, 0.5) is 10.6 Å². The fraction of sp³-hybridized carbons (Fsp3) is 0.667. The number of hydrogen-bond acceptors (Lipinski definition) is 5. The number of aromatic nitrogens is 2. The van der Waals surface area contributed by atoms with Crippen LogP contribution in [0.5, 0.6) is 0 Å². The Balaban J connectivity index is 1.94. The van der Waals surface area contributed by atoms with Gasteiger partial charge in [-0.1, -0.05) is 11.6 Å². The van der Waals surface area contributed by atoms with Gasteiger partial charge < -0.3 is 15.0 Å². The number of rotatable bonds is 3. The number of carbonyl (C=O) groups excluding carboxylic acids is 1. The number of hydrogen-bond donors (Lipinski definition) is 1. The second kappa shape index (κ2) is 7.13. The van der Waals surface area contributed by atoms with Gasteiger partial charge in [0, 0.05) is 13.1 Å². The Morgan fingerprint density at radius 2 is 2.18 bits per heavy atom. The van der Waals surface area contributed by atoms with E-state index in [1.807, 2.05) is 25.7 Å². The van der Waals surface area contributed by atoms with Crippen molar-refractivity contribution >= 4 is 23.5 Å². The fourth-order valence-corrected chi connectivity index (χ4v) is 2.51. The highest BCUT2D eigenvalue weighted by Gasteiger charge is 2.30. The lowest BCUT2D eigenvalue weighted by Crippen LogP contribution is -2.48. The Bertz CT molecular complexity index is 501. The molecule has 122 valence electrons. The van der Waals surface area contributed by atoms with Crippen molar-refractivity contribution in [3.8, 4) is 0 Å². The molecule has 1 aliphatic heterocycles. The van der Waals surface area contributed by atoms with Gasteiger partial charge in [-0.2, -0.15) is 0 Å². The maximum atomic E-state index is 12.3. The number of piperidine rings is 1. The average Bonchev–Trinajstić information content (AvgIpc) is 2.45. The van der Waals surface area contributed by atoms with E-state index in [-0.39, 0.29) is 12.1 Å².